The van der Waals surface area contributed by atoms with Gasteiger partial charge in [-0.1, -0.05) is 11.6 Å². The van der Waals surface area contributed by atoms with Crippen molar-refractivity contribution in [1.29, 1.82) is 0 Å². The summed E-state index contributed by atoms with van der Waals surface area (Å²) in [6.45, 7) is 3.18. The zero-order valence-electron chi connectivity index (χ0n) is 16.5. The predicted molar refractivity (Wildman–Crippen MR) is 107 cm³/mol. The third-order valence-corrected chi connectivity index (χ3v) is 5.24. The van der Waals surface area contributed by atoms with Crippen molar-refractivity contribution in [3.63, 3.8) is 0 Å². The predicted octanol–water partition coefficient (Wildman–Crippen LogP) is 1.69. The van der Waals surface area contributed by atoms with Crippen LogP contribution in [0, 0.1) is 0 Å². The Morgan fingerprint density at radius 1 is 1.29 bits per heavy atom. The molecule has 1 aliphatic heterocycles. The first-order valence-electron chi connectivity index (χ1n) is 9.83. The van der Waals surface area contributed by atoms with Crippen LogP contribution in [-0.2, 0) is 13.6 Å². The summed E-state index contributed by atoms with van der Waals surface area (Å²) in [6, 6.07) is 3.51. The monoisotopic (exact) mass is 381 g/mol. The van der Waals surface area contributed by atoms with E-state index < -0.39 is 0 Å². The highest BCUT2D eigenvalue weighted by Crippen LogP contribution is 2.37. The Kier molecular flexibility index (Phi) is 5.38. The average Bonchev–Trinajstić information content (AvgIpc) is 3.49. The van der Waals surface area contributed by atoms with Gasteiger partial charge in [-0.25, -0.2) is 9.97 Å². The molecule has 8 nitrogen and oxygen atoms in total. The number of carbonyl (C=O) groups is 1. The van der Waals surface area contributed by atoms with E-state index in [2.05, 4.69) is 43.7 Å². The topological polar surface area (TPSA) is 88.0 Å². The van der Waals surface area contributed by atoms with Gasteiger partial charge in [0.05, 0.1) is 6.54 Å². The summed E-state index contributed by atoms with van der Waals surface area (Å²) < 4.78 is 1.75. The molecule has 1 saturated carbocycles. The van der Waals surface area contributed by atoms with Crippen molar-refractivity contribution in [1.82, 2.24) is 30.0 Å². The molecule has 28 heavy (non-hydrogen) atoms. The van der Waals surface area contributed by atoms with Gasteiger partial charge in [0.1, 0.15) is 11.6 Å². The molecule has 4 rings (SSSR count). The van der Waals surface area contributed by atoms with E-state index in [9.17, 15) is 4.79 Å². The summed E-state index contributed by atoms with van der Waals surface area (Å²) in [7, 11) is 3.99. The fourth-order valence-corrected chi connectivity index (χ4v) is 3.21. The zero-order valence-corrected chi connectivity index (χ0v) is 16.5. The molecule has 2 aromatic heterocycles. The number of hydrogen-bond donors (Lipinski definition) is 2. The highest BCUT2D eigenvalue weighted by molar-refractivity contribution is 5.94. The average molecular weight is 381 g/mol. The van der Waals surface area contributed by atoms with Gasteiger partial charge in [0, 0.05) is 44.4 Å². The van der Waals surface area contributed by atoms with Crippen molar-refractivity contribution in [2.24, 2.45) is 7.05 Å². The van der Waals surface area contributed by atoms with E-state index in [0.29, 0.717) is 23.8 Å². The largest absolute Gasteiger partial charge is 0.366 e. The molecule has 0 unspecified atom stereocenters. The molecule has 3 heterocycles. The molecular weight excluding hydrogens is 354 g/mol. The Balaban J connectivity index is 1.32. The van der Waals surface area contributed by atoms with Gasteiger partial charge in [-0.3, -0.25) is 9.48 Å². The lowest BCUT2D eigenvalue weighted by Gasteiger charge is -2.22. The van der Waals surface area contributed by atoms with Crippen molar-refractivity contribution in [3.05, 3.63) is 47.2 Å². The third-order valence-electron chi connectivity index (χ3n) is 5.24. The summed E-state index contributed by atoms with van der Waals surface area (Å²) >= 11 is 0. The standard InChI is InChI=1S/C20H27N7O/c1-26-9-6-14(7-10-26)12-22-17-11-16(5-8-21-17)20(28)23-13-18-24-19(15-3-4-15)25-27(18)2/h5-6,8,11,15H,3-4,7,9-10,12-13H2,1-2H3,(H,21,22)(H,23,28). The first-order valence-corrected chi connectivity index (χ1v) is 9.83. The van der Waals surface area contributed by atoms with Crippen molar-refractivity contribution in [2.75, 3.05) is 32.0 Å². The highest BCUT2D eigenvalue weighted by atomic mass is 16.1. The third kappa shape index (κ3) is 4.56. The molecule has 0 bridgehead atoms. The number of anilines is 1. The number of aryl methyl sites for hydroxylation is 1. The number of nitrogens with one attached hydrogen (secondary N) is 2. The second-order valence-electron chi connectivity index (χ2n) is 7.62. The lowest BCUT2D eigenvalue weighted by atomic mass is 10.1. The number of aromatic nitrogens is 4. The summed E-state index contributed by atoms with van der Waals surface area (Å²) in [5, 5.41) is 10.7. The van der Waals surface area contributed by atoms with Gasteiger partial charge in [0.15, 0.2) is 5.82 Å². The van der Waals surface area contributed by atoms with Gasteiger partial charge in [0.2, 0.25) is 0 Å². The second-order valence-corrected chi connectivity index (χ2v) is 7.62. The molecule has 1 amide bonds. The van der Waals surface area contributed by atoms with Crippen LogP contribution in [0.5, 0.6) is 0 Å². The lowest BCUT2D eigenvalue weighted by molar-refractivity contribution is 0.0949. The lowest BCUT2D eigenvalue weighted by Crippen LogP contribution is -2.26. The fourth-order valence-electron chi connectivity index (χ4n) is 3.21. The molecule has 1 fully saturated rings. The molecular formula is C20H27N7O. The van der Waals surface area contributed by atoms with Crippen LogP contribution >= 0.6 is 0 Å². The molecule has 0 atom stereocenters. The van der Waals surface area contributed by atoms with E-state index in [1.54, 1.807) is 23.0 Å². The molecule has 1 aliphatic carbocycles. The van der Waals surface area contributed by atoms with Crippen LogP contribution in [0.3, 0.4) is 0 Å². The van der Waals surface area contributed by atoms with Gasteiger partial charge < -0.3 is 15.5 Å². The summed E-state index contributed by atoms with van der Waals surface area (Å²) in [5.41, 5.74) is 1.96. The number of likely N-dealkylation sites (N-methyl/N-ethyl adjacent to an activating group) is 1. The van der Waals surface area contributed by atoms with E-state index in [1.165, 1.54) is 5.57 Å². The van der Waals surface area contributed by atoms with E-state index in [-0.39, 0.29) is 5.91 Å². The molecule has 2 aromatic rings. The van der Waals surface area contributed by atoms with E-state index in [0.717, 1.165) is 50.5 Å². The Labute approximate surface area is 165 Å². The zero-order chi connectivity index (χ0) is 19.5. The van der Waals surface area contributed by atoms with E-state index in [4.69, 9.17) is 0 Å². The molecule has 8 heteroatoms. The minimum absolute atomic E-state index is 0.139. The maximum absolute atomic E-state index is 12.5. The van der Waals surface area contributed by atoms with Gasteiger partial charge in [-0.2, -0.15) is 5.10 Å². The molecule has 0 aromatic carbocycles. The molecule has 148 valence electrons. The van der Waals surface area contributed by atoms with Crippen LogP contribution < -0.4 is 10.6 Å². The van der Waals surface area contributed by atoms with Crippen molar-refractivity contribution < 1.29 is 4.79 Å². The van der Waals surface area contributed by atoms with Crippen LogP contribution in [0.2, 0.25) is 0 Å². The number of pyridine rings is 1. The molecule has 0 radical (unpaired) electrons. The van der Waals surface area contributed by atoms with Gasteiger partial charge in [-0.15, -0.1) is 0 Å². The maximum atomic E-state index is 12.5. The Morgan fingerprint density at radius 2 is 2.14 bits per heavy atom. The quantitative estimate of drug-likeness (QED) is 0.710. The first-order chi connectivity index (χ1) is 13.6. The van der Waals surface area contributed by atoms with Crippen LogP contribution in [0.4, 0.5) is 5.82 Å². The normalized spacial score (nSPS) is 17.3. The SMILES string of the molecule is CN1CC=C(CNc2cc(C(=O)NCc3nc(C4CC4)nn3C)ccn2)CC1. The number of rotatable bonds is 7. The first kappa shape index (κ1) is 18.6. The van der Waals surface area contributed by atoms with Crippen LogP contribution in [0.15, 0.2) is 30.0 Å². The highest BCUT2D eigenvalue weighted by Gasteiger charge is 2.28. The second kappa shape index (κ2) is 8.10. The number of carbonyl (C=O) groups excluding carboxylic acids is 1. The number of hydrogen-bond acceptors (Lipinski definition) is 6. The summed E-state index contributed by atoms with van der Waals surface area (Å²) in [6.07, 6.45) is 7.30. The minimum atomic E-state index is -0.139. The summed E-state index contributed by atoms with van der Waals surface area (Å²) in [4.78, 5) is 23.7. The van der Waals surface area contributed by atoms with Crippen molar-refractivity contribution in [2.45, 2.75) is 31.7 Å². The number of amides is 1. The van der Waals surface area contributed by atoms with Crippen LogP contribution in [0.25, 0.3) is 0 Å². The molecule has 2 N–H and O–H groups in total. The van der Waals surface area contributed by atoms with Crippen molar-refractivity contribution in [3.8, 4) is 0 Å². The van der Waals surface area contributed by atoms with E-state index in [1.807, 2.05) is 7.05 Å². The molecule has 0 saturated heterocycles. The maximum Gasteiger partial charge on any atom is 0.251 e. The Morgan fingerprint density at radius 3 is 2.89 bits per heavy atom. The molecule has 0 spiro atoms. The van der Waals surface area contributed by atoms with Gasteiger partial charge in [0.25, 0.3) is 5.91 Å². The smallest absolute Gasteiger partial charge is 0.251 e. The summed E-state index contributed by atoms with van der Waals surface area (Å²) in [5.74, 6) is 2.74. The van der Waals surface area contributed by atoms with Crippen LogP contribution in [0.1, 0.15) is 47.2 Å². The number of nitrogens with zero attached hydrogens (tertiary/aromatic N) is 5. The molecule has 2 aliphatic rings. The van der Waals surface area contributed by atoms with E-state index >= 15 is 0 Å². The van der Waals surface area contributed by atoms with Gasteiger partial charge in [-0.05, 0) is 38.4 Å². The Bertz CT molecular complexity index is 884. The van der Waals surface area contributed by atoms with Crippen LogP contribution in [-0.4, -0.2) is 57.2 Å². The minimum Gasteiger partial charge on any atom is -0.366 e. The van der Waals surface area contributed by atoms with Crippen molar-refractivity contribution >= 4 is 11.7 Å². The van der Waals surface area contributed by atoms with Gasteiger partial charge >= 0.3 is 0 Å². The fraction of sp³-hybridized carbons (Fsp3) is 0.500. The Hall–Kier alpha value is -2.74.